The van der Waals surface area contributed by atoms with Crippen LogP contribution < -0.4 is 10.5 Å². The third-order valence-electron chi connectivity index (χ3n) is 3.32. The minimum atomic E-state index is 0.497. The summed E-state index contributed by atoms with van der Waals surface area (Å²) in [6.07, 6.45) is 0. The van der Waals surface area contributed by atoms with Crippen LogP contribution in [-0.4, -0.2) is 7.11 Å². The van der Waals surface area contributed by atoms with Gasteiger partial charge < -0.3 is 10.5 Å². The van der Waals surface area contributed by atoms with E-state index in [2.05, 4.69) is 13.0 Å². The molecule has 3 heteroatoms. The number of benzene rings is 2. The lowest BCUT2D eigenvalue weighted by molar-refractivity contribution is 0.411. The Morgan fingerprint density at radius 3 is 2.42 bits per heavy atom. The second-order valence-corrected chi connectivity index (χ2v) is 5.08. The molecule has 0 radical (unpaired) electrons. The Balaban J connectivity index is 2.65. The predicted octanol–water partition coefficient (Wildman–Crippen LogP) is 4.09. The molecule has 2 N–H and O–H groups in total. The van der Waals surface area contributed by atoms with Crippen molar-refractivity contribution < 1.29 is 4.74 Å². The minimum Gasteiger partial charge on any atom is -0.496 e. The van der Waals surface area contributed by atoms with Crippen LogP contribution in [-0.2, 0) is 6.54 Å². The zero-order chi connectivity index (χ0) is 14.0. The molecular formula is C16H18ClNO. The molecule has 100 valence electrons. The average molecular weight is 276 g/mol. The standard InChI is InChI=1S/C16H18ClNO/c1-10-7-16(19-3)11(2)6-14(10)15-8-13(17)5-4-12(15)9-18/h4-8H,9,18H2,1-3H3. The number of ether oxygens (including phenoxy) is 1. The van der Waals surface area contributed by atoms with Gasteiger partial charge in [-0.15, -0.1) is 0 Å². The number of hydrogen-bond acceptors (Lipinski definition) is 2. The number of aryl methyl sites for hydroxylation is 2. The zero-order valence-corrected chi connectivity index (χ0v) is 12.2. The largest absolute Gasteiger partial charge is 0.496 e. The first-order chi connectivity index (χ1) is 9.06. The molecule has 0 aromatic heterocycles. The van der Waals surface area contributed by atoms with Gasteiger partial charge >= 0.3 is 0 Å². The summed E-state index contributed by atoms with van der Waals surface area (Å²) < 4.78 is 5.35. The van der Waals surface area contributed by atoms with E-state index in [1.807, 2.05) is 31.2 Å². The molecule has 0 aliphatic heterocycles. The van der Waals surface area contributed by atoms with Crippen LogP contribution in [0, 0.1) is 13.8 Å². The molecule has 0 fully saturated rings. The van der Waals surface area contributed by atoms with E-state index >= 15 is 0 Å². The first-order valence-electron chi connectivity index (χ1n) is 6.21. The smallest absolute Gasteiger partial charge is 0.122 e. The molecule has 0 aliphatic rings. The zero-order valence-electron chi connectivity index (χ0n) is 11.5. The Bertz CT molecular complexity index is 608. The molecule has 0 heterocycles. The van der Waals surface area contributed by atoms with Gasteiger partial charge in [0.05, 0.1) is 7.11 Å². The molecule has 0 aliphatic carbocycles. The third kappa shape index (κ3) is 2.75. The van der Waals surface area contributed by atoms with Gasteiger partial charge in [-0.05, 0) is 65.9 Å². The SMILES string of the molecule is COc1cc(C)c(-c2cc(Cl)ccc2CN)cc1C. The molecular weight excluding hydrogens is 258 g/mol. The van der Waals surface area contributed by atoms with Crippen molar-refractivity contribution in [2.24, 2.45) is 5.73 Å². The van der Waals surface area contributed by atoms with Crippen LogP contribution in [0.5, 0.6) is 5.75 Å². The van der Waals surface area contributed by atoms with Crippen molar-refractivity contribution in [2.75, 3.05) is 7.11 Å². The number of nitrogens with two attached hydrogens (primary N) is 1. The Morgan fingerprint density at radius 1 is 1.05 bits per heavy atom. The van der Waals surface area contributed by atoms with Crippen molar-refractivity contribution >= 4 is 11.6 Å². The quantitative estimate of drug-likeness (QED) is 0.916. The fourth-order valence-corrected chi connectivity index (χ4v) is 2.45. The van der Waals surface area contributed by atoms with Crippen LogP contribution in [0.1, 0.15) is 16.7 Å². The highest BCUT2D eigenvalue weighted by Gasteiger charge is 2.10. The van der Waals surface area contributed by atoms with Gasteiger partial charge in [0.15, 0.2) is 0 Å². The summed E-state index contributed by atoms with van der Waals surface area (Å²) in [7, 11) is 1.69. The van der Waals surface area contributed by atoms with E-state index in [4.69, 9.17) is 22.1 Å². The van der Waals surface area contributed by atoms with Crippen molar-refractivity contribution in [3.8, 4) is 16.9 Å². The monoisotopic (exact) mass is 275 g/mol. The topological polar surface area (TPSA) is 35.2 Å². The Morgan fingerprint density at radius 2 is 1.79 bits per heavy atom. The lowest BCUT2D eigenvalue weighted by Crippen LogP contribution is -2.00. The highest BCUT2D eigenvalue weighted by Crippen LogP contribution is 2.33. The lowest BCUT2D eigenvalue weighted by Gasteiger charge is -2.14. The summed E-state index contributed by atoms with van der Waals surface area (Å²) in [6.45, 7) is 4.60. The number of methoxy groups -OCH3 is 1. The summed E-state index contributed by atoms with van der Waals surface area (Å²) in [5.74, 6) is 0.901. The van der Waals surface area contributed by atoms with Crippen LogP contribution in [0.15, 0.2) is 30.3 Å². The summed E-state index contributed by atoms with van der Waals surface area (Å²) in [6, 6.07) is 10.00. The molecule has 0 saturated carbocycles. The van der Waals surface area contributed by atoms with E-state index in [0.29, 0.717) is 6.54 Å². The minimum absolute atomic E-state index is 0.497. The van der Waals surface area contributed by atoms with Crippen LogP contribution in [0.4, 0.5) is 0 Å². The third-order valence-corrected chi connectivity index (χ3v) is 3.56. The summed E-state index contributed by atoms with van der Waals surface area (Å²) in [5, 5.41) is 0.722. The summed E-state index contributed by atoms with van der Waals surface area (Å²) in [5.41, 5.74) is 11.4. The Hall–Kier alpha value is -1.51. The van der Waals surface area contributed by atoms with E-state index in [0.717, 1.165) is 38.6 Å². The van der Waals surface area contributed by atoms with E-state index in [1.54, 1.807) is 7.11 Å². The fraction of sp³-hybridized carbons (Fsp3) is 0.250. The fourth-order valence-electron chi connectivity index (χ4n) is 2.28. The summed E-state index contributed by atoms with van der Waals surface area (Å²) >= 11 is 6.11. The van der Waals surface area contributed by atoms with Gasteiger partial charge in [-0.25, -0.2) is 0 Å². The van der Waals surface area contributed by atoms with Gasteiger partial charge in [-0.3, -0.25) is 0 Å². The molecule has 0 unspecified atom stereocenters. The van der Waals surface area contributed by atoms with E-state index in [-0.39, 0.29) is 0 Å². The Kier molecular flexibility index (Phi) is 4.13. The van der Waals surface area contributed by atoms with Gasteiger partial charge in [0.25, 0.3) is 0 Å². The molecule has 0 amide bonds. The van der Waals surface area contributed by atoms with Crippen molar-refractivity contribution in [1.82, 2.24) is 0 Å². The first-order valence-corrected chi connectivity index (χ1v) is 6.58. The highest BCUT2D eigenvalue weighted by molar-refractivity contribution is 6.30. The molecule has 2 nitrogen and oxygen atoms in total. The molecule has 2 aromatic rings. The number of hydrogen-bond donors (Lipinski definition) is 1. The van der Waals surface area contributed by atoms with Gasteiger partial charge in [-0.2, -0.15) is 0 Å². The normalized spacial score (nSPS) is 10.6. The predicted molar refractivity (Wildman–Crippen MR) is 80.8 cm³/mol. The molecule has 0 spiro atoms. The van der Waals surface area contributed by atoms with Gasteiger partial charge in [0.2, 0.25) is 0 Å². The lowest BCUT2D eigenvalue weighted by atomic mass is 9.94. The van der Waals surface area contributed by atoms with Crippen molar-refractivity contribution in [1.29, 1.82) is 0 Å². The molecule has 19 heavy (non-hydrogen) atoms. The van der Waals surface area contributed by atoms with Crippen molar-refractivity contribution in [3.05, 3.63) is 52.0 Å². The van der Waals surface area contributed by atoms with Gasteiger partial charge in [-0.1, -0.05) is 17.7 Å². The van der Waals surface area contributed by atoms with Crippen LogP contribution in [0.2, 0.25) is 5.02 Å². The van der Waals surface area contributed by atoms with E-state index in [1.165, 1.54) is 0 Å². The van der Waals surface area contributed by atoms with Crippen LogP contribution >= 0.6 is 11.6 Å². The second kappa shape index (κ2) is 5.64. The number of halogens is 1. The Labute approximate surface area is 119 Å². The van der Waals surface area contributed by atoms with Crippen molar-refractivity contribution in [2.45, 2.75) is 20.4 Å². The molecule has 0 saturated heterocycles. The van der Waals surface area contributed by atoms with Crippen LogP contribution in [0.3, 0.4) is 0 Å². The maximum Gasteiger partial charge on any atom is 0.122 e. The maximum atomic E-state index is 6.11. The average Bonchev–Trinajstić information content (AvgIpc) is 2.40. The second-order valence-electron chi connectivity index (χ2n) is 4.64. The van der Waals surface area contributed by atoms with E-state index in [9.17, 15) is 0 Å². The van der Waals surface area contributed by atoms with E-state index < -0.39 is 0 Å². The first kappa shape index (κ1) is 13.9. The summed E-state index contributed by atoms with van der Waals surface area (Å²) in [4.78, 5) is 0. The van der Waals surface area contributed by atoms with Crippen LogP contribution in [0.25, 0.3) is 11.1 Å². The van der Waals surface area contributed by atoms with Gasteiger partial charge in [0.1, 0.15) is 5.75 Å². The molecule has 0 bridgehead atoms. The molecule has 2 aromatic carbocycles. The molecule has 0 atom stereocenters. The number of rotatable bonds is 3. The molecule has 2 rings (SSSR count). The maximum absolute atomic E-state index is 6.11. The highest BCUT2D eigenvalue weighted by atomic mass is 35.5. The van der Waals surface area contributed by atoms with Crippen molar-refractivity contribution in [3.63, 3.8) is 0 Å². The van der Waals surface area contributed by atoms with Gasteiger partial charge in [0, 0.05) is 11.6 Å².